The molecule has 0 radical (unpaired) electrons. The van der Waals surface area contributed by atoms with Crippen LogP contribution in [0.1, 0.15) is 12.5 Å². The van der Waals surface area contributed by atoms with Crippen LogP contribution in [0.25, 0.3) is 0 Å². The maximum atomic E-state index is 11.3. The maximum absolute atomic E-state index is 11.3. The molecule has 0 amide bonds. The predicted octanol–water partition coefficient (Wildman–Crippen LogP) is 1.33. The van der Waals surface area contributed by atoms with E-state index in [1.165, 1.54) is 0 Å². The average molecular weight is 207 g/mol. The van der Waals surface area contributed by atoms with E-state index in [1.54, 1.807) is 6.92 Å². The van der Waals surface area contributed by atoms with Gasteiger partial charge in [0.25, 0.3) is 6.21 Å². The van der Waals surface area contributed by atoms with E-state index < -0.39 is 5.97 Å². The van der Waals surface area contributed by atoms with Gasteiger partial charge in [0.05, 0.1) is 6.61 Å². The lowest BCUT2D eigenvalue weighted by atomic mass is 10.2. The summed E-state index contributed by atoms with van der Waals surface area (Å²) in [5.74, 6) is -0.608. The molecule has 0 bridgehead atoms. The SMILES string of the molecule is CCOC(=O)/C=[N+](\[O-])Cc1ccccc1. The largest absolute Gasteiger partial charge is 0.623 e. The quantitative estimate of drug-likeness (QED) is 0.246. The molecule has 0 heterocycles. The molecule has 4 heteroatoms. The number of rotatable bonds is 4. The van der Waals surface area contributed by atoms with E-state index in [0.29, 0.717) is 4.74 Å². The van der Waals surface area contributed by atoms with Gasteiger partial charge in [-0.2, -0.15) is 0 Å². The summed E-state index contributed by atoms with van der Waals surface area (Å²) < 4.78 is 5.18. The Hall–Kier alpha value is -1.84. The fourth-order valence-electron chi connectivity index (χ4n) is 1.11. The molecule has 0 spiro atoms. The summed E-state index contributed by atoms with van der Waals surface area (Å²) in [5, 5.41) is 11.3. The zero-order chi connectivity index (χ0) is 11.1. The first-order valence-corrected chi connectivity index (χ1v) is 4.71. The number of nitrogens with zero attached hydrogens (tertiary/aromatic N) is 1. The van der Waals surface area contributed by atoms with Crippen molar-refractivity contribution in [3.8, 4) is 0 Å². The highest BCUT2D eigenvalue weighted by atomic mass is 16.5. The third-order valence-corrected chi connectivity index (χ3v) is 1.72. The van der Waals surface area contributed by atoms with Crippen molar-refractivity contribution < 1.29 is 14.3 Å². The Kier molecular flexibility index (Phi) is 4.34. The third-order valence-electron chi connectivity index (χ3n) is 1.72. The number of ether oxygens (including phenoxy) is 1. The van der Waals surface area contributed by atoms with Crippen LogP contribution < -0.4 is 0 Å². The minimum absolute atomic E-state index is 0.152. The van der Waals surface area contributed by atoms with Crippen molar-refractivity contribution in [1.82, 2.24) is 0 Å². The van der Waals surface area contributed by atoms with Crippen LogP contribution in [0.15, 0.2) is 30.3 Å². The Labute approximate surface area is 88.4 Å². The Morgan fingerprint density at radius 2 is 2.13 bits per heavy atom. The molecule has 15 heavy (non-hydrogen) atoms. The van der Waals surface area contributed by atoms with Gasteiger partial charge in [0.2, 0.25) is 0 Å². The van der Waals surface area contributed by atoms with Crippen molar-refractivity contribution in [1.29, 1.82) is 0 Å². The lowest BCUT2D eigenvalue weighted by molar-refractivity contribution is -0.469. The summed E-state index contributed by atoms with van der Waals surface area (Å²) in [5.41, 5.74) is 0.855. The van der Waals surface area contributed by atoms with Crippen LogP contribution in [-0.2, 0) is 16.1 Å². The van der Waals surface area contributed by atoms with E-state index >= 15 is 0 Å². The highest BCUT2D eigenvalue weighted by molar-refractivity contribution is 6.20. The van der Waals surface area contributed by atoms with Crippen LogP contribution >= 0.6 is 0 Å². The zero-order valence-corrected chi connectivity index (χ0v) is 8.55. The summed E-state index contributed by atoms with van der Waals surface area (Å²) >= 11 is 0. The number of benzene rings is 1. The van der Waals surface area contributed by atoms with Crippen LogP contribution in [0, 0.1) is 5.21 Å². The standard InChI is InChI=1S/C11H13NO3/c1-2-15-11(13)9-12(14)8-10-6-4-3-5-7-10/h3-7,9H,2,8H2,1H3/b12-9-. The van der Waals surface area contributed by atoms with Crippen LogP contribution in [0.4, 0.5) is 0 Å². The molecule has 1 rings (SSSR count). The maximum Gasteiger partial charge on any atom is 0.396 e. The van der Waals surface area contributed by atoms with Gasteiger partial charge in [-0.1, -0.05) is 30.3 Å². The molecule has 0 aliphatic rings. The van der Waals surface area contributed by atoms with Gasteiger partial charge in [0.1, 0.15) is 0 Å². The van der Waals surface area contributed by atoms with E-state index in [0.717, 1.165) is 11.8 Å². The van der Waals surface area contributed by atoms with Gasteiger partial charge in [-0.3, -0.25) is 0 Å². The van der Waals surface area contributed by atoms with E-state index in [1.807, 2.05) is 30.3 Å². The molecule has 0 atom stereocenters. The predicted molar refractivity (Wildman–Crippen MR) is 56.5 cm³/mol. The van der Waals surface area contributed by atoms with Crippen LogP contribution in [0.2, 0.25) is 0 Å². The molecule has 80 valence electrons. The van der Waals surface area contributed by atoms with Crippen LogP contribution in [0.3, 0.4) is 0 Å². The van der Waals surface area contributed by atoms with Gasteiger partial charge in [-0.15, -0.1) is 0 Å². The number of hydroxylamine groups is 1. The molecule has 0 saturated heterocycles. The fourth-order valence-corrected chi connectivity index (χ4v) is 1.11. The van der Waals surface area contributed by atoms with E-state index in [9.17, 15) is 10.0 Å². The average Bonchev–Trinajstić information content (AvgIpc) is 2.19. The van der Waals surface area contributed by atoms with Crippen molar-refractivity contribution in [2.24, 2.45) is 0 Å². The molecule has 0 aromatic heterocycles. The van der Waals surface area contributed by atoms with Gasteiger partial charge in [0, 0.05) is 5.56 Å². The molecule has 0 aliphatic heterocycles. The topological polar surface area (TPSA) is 52.4 Å². The minimum atomic E-state index is -0.608. The number of carbonyl (C=O) groups excluding carboxylic acids is 1. The number of hydrogen-bond donors (Lipinski definition) is 0. The Bertz CT molecular complexity index is 346. The zero-order valence-electron chi connectivity index (χ0n) is 8.55. The van der Waals surface area contributed by atoms with E-state index in [2.05, 4.69) is 4.74 Å². The molecule has 0 fully saturated rings. The van der Waals surface area contributed by atoms with E-state index in [-0.39, 0.29) is 13.2 Å². The molecular formula is C11H13NO3. The van der Waals surface area contributed by atoms with Crippen LogP contribution in [-0.4, -0.2) is 23.5 Å². The summed E-state index contributed by atoms with van der Waals surface area (Å²) in [4.78, 5) is 10.9. The highest BCUT2D eigenvalue weighted by Gasteiger charge is 2.03. The Balaban J connectivity index is 2.55. The Morgan fingerprint density at radius 1 is 1.47 bits per heavy atom. The van der Waals surface area contributed by atoms with Gasteiger partial charge >= 0.3 is 5.97 Å². The second kappa shape index (κ2) is 5.80. The first kappa shape index (κ1) is 11.2. The van der Waals surface area contributed by atoms with Gasteiger partial charge in [0.15, 0.2) is 6.54 Å². The summed E-state index contributed by atoms with van der Waals surface area (Å²) in [7, 11) is 0. The first-order chi connectivity index (χ1) is 7.22. The second-order valence-electron chi connectivity index (χ2n) is 2.94. The Morgan fingerprint density at radius 3 is 2.73 bits per heavy atom. The lowest BCUT2D eigenvalue weighted by Crippen LogP contribution is -2.14. The van der Waals surface area contributed by atoms with Gasteiger partial charge in [-0.05, 0) is 6.92 Å². The lowest BCUT2D eigenvalue weighted by Gasteiger charge is -2.03. The molecule has 0 saturated carbocycles. The van der Waals surface area contributed by atoms with Crippen LogP contribution in [0.5, 0.6) is 0 Å². The fraction of sp³-hybridized carbons (Fsp3) is 0.273. The molecule has 1 aromatic carbocycles. The summed E-state index contributed by atoms with van der Waals surface area (Å²) in [6.45, 7) is 2.12. The normalized spacial score (nSPS) is 11.1. The smallest absolute Gasteiger partial charge is 0.396 e. The molecule has 0 aliphatic carbocycles. The summed E-state index contributed by atoms with van der Waals surface area (Å²) in [6.07, 6.45) is 0.913. The molecule has 1 aromatic rings. The van der Waals surface area contributed by atoms with E-state index in [4.69, 9.17) is 0 Å². The molecule has 0 unspecified atom stereocenters. The van der Waals surface area contributed by atoms with Crippen molar-refractivity contribution in [3.05, 3.63) is 41.1 Å². The van der Waals surface area contributed by atoms with Crippen molar-refractivity contribution in [2.45, 2.75) is 13.5 Å². The summed E-state index contributed by atoms with van der Waals surface area (Å²) in [6, 6.07) is 9.20. The van der Waals surface area contributed by atoms with Gasteiger partial charge < -0.3 is 9.94 Å². The molecule has 4 nitrogen and oxygen atoms in total. The van der Waals surface area contributed by atoms with Gasteiger partial charge in [-0.25, -0.2) is 9.53 Å². The molecular weight excluding hydrogens is 194 g/mol. The minimum Gasteiger partial charge on any atom is -0.623 e. The van der Waals surface area contributed by atoms with Crippen molar-refractivity contribution in [3.63, 3.8) is 0 Å². The molecule has 0 N–H and O–H groups in total. The van der Waals surface area contributed by atoms with Crippen molar-refractivity contribution in [2.75, 3.05) is 6.61 Å². The van der Waals surface area contributed by atoms with Crippen molar-refractivity contribution >= 4 is 12.2 Å². The monoisotopic (exact) mass is 207 g/mol. The first-order valence-electron chi connectivity index (χ1n) is 4.71. The number of carbonyl (C=O) groups is 1. The number of esters is 1. The second-order valence-corrected chi connectivity index (χ2v) is 2.94. The third kappa shape index (κ3) is 4.26. The highest BCUT2D eigenvalue weighted by Crippen LogP contribution is 1.99. The number of hydrogen-bond acceptors (Lipinski definition) is 3.